The summed E-state index contributed by atoms with van der Waals surface area (Å²) in [7, 11) is 6.35. The third kappa shape index (κ3) is 4.19. The number of nitrogens with zero attached hydrogens (tertiary/aromatic N) is 1. The number of hydrogen-bond acceptors (Lipinski definition) is 1. The van der Waals surface area contributed by atoms with Crippen molar-refractivity contribution >= 4 is 7.41 Å². The van der Waals surface area contributed by atoms with E-state index in [9.17, 15) is 0 Å². The molecule has 1 unspecified atom stereocenters. The summed E-state index contributed by atoms with van der Waals surface area (Å²) in [5.74, 6) is 0.727. The van der Waals surface area contributed by atoms with Gasteiger partial charge in [-0.15, -0.1) is 0 Å². The molecule has 0 aromatic heterocycles. The highest BCUT2D eigenvalue weighted by Gasteiger charge is 2.01. The van der Waals surface area contributed by atoms with E-state index in [0.717, 1.165) is 5.82 Å². The molecule has 1 radical (unpaired) electrons. The standard InChI is InChI=1S/C6H15BN/c1-5-6(2)7-8(3)4/h6H,5H2,1-4H3. The predicted molar refractivity (Wildman–Crippen MR) is 39.2 cm³/mol. The molecule has 0 aliphatic rings. The molecule has 1 atom stereocenters. The fourth-order valence-electron chi connectivity index (χ4n) is 0.614. The van der Waals surface area contributed by atoms with Crippen LogP contribution in [0, 0.1) is 0 Å². The maximum atomic E-state index is 2.22. The Morgan fingerprint density at radius 2 is 2.00 bits per heavy atom. The van der Waals surface area contributed by atoms with Crippen LogP contribution in [0.25, 0.3) is 0 Å². The lowest BCUT2D eigenvalue weighted by Gasteiger charge is -2.11. The number of hydrogen-bond donors (Lipinski definition) is 0. The highest BCUT2D eigenvalue weighted by molar-refractivity contribution is 6.33. The van der Waals surface area contributed by atoms with Gasteiger partial charge < -0.3 is 4.81 Å². The van der Waals surface area contributed by atoms with Crippen LogP contribution in [0.2, 0.25) is 5.82 Å². The van der Waals surface area contributed by atoms with Crippen molar-refractivity contribution < 1.29 is 0 Å². The maximum Gasteiger partial charge on any atom is 0.210 e. The van der Waals surface area contributed by atoms with E-state index in [4.69, 9.17) is 0 Å². The lowest BCUT2D eigenvalue weighted by molar-refractivity contribution is 0.635. The zero-order valence-electron chi connectivity index (χ0n) is 6.31. The van der Waals surface area contributed by atoms with Crippen molar-refractivity contribution in [1.82, 2.24) is 4.81 Å². The summed E-state index contributed by atoms with van der Waals surface area (Å²) >= 11 is 0. The van der Waals surface area contributed by atoms with Crippen molar-refractivity contribution in [2.24, 2.45) is 0 Å². The Labute approximate surface area is 53.3 Å². The van der Waals surface area contributed by atoms with E-state index in [0.29, 0.717) is 0 Å². The summed E-state index contributed by atoms with van der Waals surface area (Å²) in [4.78, 5) is 2.11. The average molecular weight is 112 g/mol. The van der Waals surface area contributed by atoms with E-state index < -0.39 is 0 Å². The zero-order valence-corrected chi connectivity index (χ0v) is 6.31. The Balaban J connectivity index is 3.10. The van der Waals surface area contributed by atoms with Gasteiger partial charge in [-0.3, -0.25) is 0 Å². The zero-order chi connectivity index (χ0) is 6.57. The van der Waals surface area contributed by atoms with Crippen molar-refractivity contribution in [3.8, 4) is 0 Å². The first-order chi connectivity index (χ1) is 3.66. The second kappa shape index (κ2) is 3.96. The predicted octanol–water partition coefficient (Wildman–Crippen LogP) is 1.39. The monoisotopic (exact) mass is 112 g/mol. The van der Waals surface area contributed by atoms with Gasteiger partial charge in [0, 0.05) is 0 Å². The molecule has 0 aliphatic heterocycles. The van der Waals surface area contributed by atoms with Crippen molar-refractivity contribution in [1.29, 1.82) is 0 Å². The topological polar surface area (TPSA) is 3.24 Å². The molecule has 0 spiro atoms. The van der Waals surface area contributed by atoms with Gasteiger partial charge in [0.1, 0.15) is 0 Å². The summed E-state index contributed by atoms with van der Waals surface area (Å²) < 4.78 is 0. The Morgan fingerprint density at radius 3 is 2.12 bits per heavy atom. The van der Waals surface area contributed by atoms with Crippen LogP contribution in [0.1, 0.15) is 20.3 Å². The third-order valence-electron chi connectivity index (χ3n) is 1.20. The molecule has 1 nitrogen and oxygen atoms in total. The van der Waals surface area contributed by atoms with Crippen LogP contribution in [-0.2, 0) is 0 Å². The molecule has 0 aliphatic carbocycles. The van der Waals surface area contributed by atoms with Crippen LogP contribution in [0.5, 0.6) is 0 Å². The van der Waals surface area contributed by atoms with E-state index in [-0.39, 0.29) is 0 Å². The average Bonchev–Trinajstić information content (AvgIpc) is 1.65. The highest BCUT2D eigenvalue weighted by atomic mass is 15.0. The lowest BCUT2D eigenvalue weighted by atomic mass is 9.74. The van der Waals surface area contributed by atoms with Crippen LogP contribution in [-0.4, -0.2) is 26.3 Å². The van der Waals surface area contributed by atoms with Crippen molar-refractivity contribution in [2.75, 3.05) is 14.1 Å². The minimum Gasteiger partial charge on any atom is -0.352 e. The van der Waals surface area contributed by atoms with Gasteiger partial charge in [-0.1, -0.05) is 26.1 Å². The van der Waals surface area contributed by atoms with E-state index in [2.05, 4.69) is 40.2 Å². The van der Waals surface area contributed by atoms with Crippen molar-refractivity contribution in [3.05, 3.63) is 0 Å². The Kier molecular flexibility index (Phi) is 3.97. The minimum absolute atomic E-state index is 0.727. The van der Waals surface area contributed by atoms with Gasteiger partial charge in [0.05, 0.1) is 0 Å². The second-order valence-corrected chi connectivity index (χ2v) is 2.50. The highest BCUT2D eigenvalue weighted by Crippen LogP contribution is 2.05. The molecule has 0 amide bonds. The summed E-state index contributed by atoms with van der Waals surface area (Å²) in [6, 6.07) is 0. The molecule has 0 saturated heterocycles. The number of rotatable bonds is 3. The lowest BCUT2D eigenvalue weighted by Crippen LogP contribution is -2.20. The molecule has 0 aromatic carbocycles. The molecule has 8 heavy (non-hydrogen) atoms. The third-order valence-corrected chi connectivity index (χ3v) is 1.20. The molecule has 0 N–H and O–H groups in total. The molecule has 0 saturated carbocycles. The van der Waals surface area contributed by atoms with Gasteiger partial charge in [0.2, 0.25) is 7.41 Å². The molecule has 0 rings (SSSR count). The molecule has 0 heterocycles. The van der Waals surface area contributed by atoms with Gasteiger partial charge >= 0.3 is 0 Å². The van der Waals surface area contributed by atoms with Crippen LogP contribution in [0.4, 0.5) is 0 Å². The van der Waals surface area contributed by atoms with Crippen molar-refractivity contribution in [3.63, 3.8) is 0 Å². The summed E-state index contributed by atoms with van der Waals surface area (Å²) in [5, 5.41) is 0. The van der Waals surface area contributed by atoms with Gasteiger partial charge in [-0.2, -0.15) is 0 Å². The quantitative estimate of drug-likeness (QED) is 0.498. The fourth-order valence-corrected chi connectivity index (χ4v) is 0.614. The van der Waals surface area contributed by atoms with Crippen LogP contribution in [0.15, 0.2) is 0 Å². The SMILES string of the molecule is CCC(C)[B]N(C)C. The first kappa shape index (κ1) is 8.02. The van der Waals surface area contributed by atoms with Gasteiger partial charge in [0.15, 0.2) is 0 Å². The van der Waals surface area contributed by atoms with E-state index in [1.165, 1.54) is 6.42 Å². The molecule has 2 heteroatoms. The van der Waals surface area contributed by atoms with Crippen molar-refractivity contribution in [2.45, 2.75) is 26.1 Å². The molecule has 47 valence electrons. The largest absolute Gasteiger partial charge is 0.352 e. The first-order valence-corrected chi connectivity index (χ1v) is 3.18. The van der Waals surface area contributed by atoms with Gasteiger partial charge in [-0.25, -0.2) is 0 Å². The van der Waals surface area contributed by atoms with E-state index in [1.807, 2.05) is 0 Å². The Hall–Kier alpha value is 0.0249. The van der Waals surface area contributed by atoms with Crippen LogP contribution >= 0.6 is 0 Å². The maximum absolute atomic E-state index is 2.22. The van der Waals surface area contributed by atoms with E-state index >= 15 is 0 Å². The minimum atomic E-state index is 0.727. The molecule has 0 fully saturated rings. The molecular weight excluding hydrogens is 96.9 g/mol. The summed E-state index contributed by atoms with van der Waals surface area (Å²) in [6.07, 6.45) is 1.23. The van der Waals surface area contributed by atoms with E-state index in [1.54, 1.807) is 0 Å². The van der Waals surface area contributed by atoms with Gasteiger partial charge in [-0.05, 0) is 14.1 Å². The summed E-state index contributed by atoms with van der Waals surface area (Å²) in [6.45, 7) is 4.42. The fraction of sp³-hybridized carbons (Fsp3) is 1.00. The van der Waals surface area contributed by atoms with Gasteiger partial charge in [0.25, 0.3) is 0 Å². The molecule has 0 bridgehead atoms. The smallest absolute Gasteiger partial charge is 0.210 e. The second-order valence-electron chi connectivity index (χ2n) is 2.50. The Morgan fingerprint density at radius 1 is 1.50 bits per heavy atom. The first-order valence-electron chi connectivity index (χ1n) is 3.18. The van der Waals surface area contributed by atoms with Crippen LogP contribution < -0.4 is 0 Å². The molecule has 0 aromatic rings. The Bertz CT molecular complexity index is 54.5. The molecular formula is C6H15BN. The normalized spacial score (nSPS) is 14.1. The van der Waals surface area contributed by atoms with Crippen LogP contribution in [0.3, 0.4) is 0 Å². The summed E-state index contributed by atoms with van der Waals surface area (Å²) in [5.41, 5.74) is 0.